The van der Waals surface area contributed by atoms with Gasteiger partial charge >= 0.3 is 0 Å². The van der Waals surface area contributed by atoms with Gasteiger partial charge < -0.3 is 9.64 Å². The Kier molecular flexibility index (Phi) is 5.26. The lowest BCUT2D eigenvalue weighted by Gasteiger charge is -2.18. The number of methoxy groups -OCH3 is 1. The molecule has 1 aliphatic heterocycles. The minimum absolute atomic E-state index is 0.0359. The second-order valence-corrected chi connectivity index (χ2v) is 7.83. The topological polar surface area (TPSA) is 84.4 Å². The van der Waals surface area contributed by atoms with Gasteiger partial charge in [-0.15, -0.1) is 10.2 Å². The number of ether oxygens (including phenoxy) is 1. The first kappa shape index (κ1) is 19.1. The van der Waals surface area contributed by atoms with E-state index in [-0.39, 0.29) is 17.7 Å². The minimum atomic E-state index is -0.264. The third-order valence-corrected chi connectivity index (χ3v) is 5.90. The molecule has 29 heavy (non-hydrogen) atoms. The van der Waals surface area contributed by atoms with Crippen LogP contribution < -0.4 is 15.0 Å². The van der Waals surface area contributed by atoms with Crippen LogP contribution in [0.1, 0.15) is 33.3 Å². The Labute approximate surface area is 172 Å². The lowest BCUT2D eigenvalue weighted by Crippen LogP contribution is -2.25. The van der Waals surface area contributed by atoms with Gasteiger partial charge in [-0.05, 0) is 42.8 Å². The number of hydrogen-bond acceptors (Lipinski definition) is 6. The number of amides is 2. The fourth-order valence-electron chi connectivity index (χ4n) is 3.33. The SMILES string of the molecule is COc1ccc(C(=O)Nc2nnc([C@H]3CC(=O)N(c4ccccc4C)C3)s2)cc1. The van der Waals surface area contributed by atoms with Crippen molar-refractivity contribution in [2.45, 2.75) is 19.3 Å². The summed E-state index contributed by atoms with van der Waals surface area (Å²) < 4.78 is 5.10. The van der Waals surface area contributed by atoms with Gasteiger partial charge in [-0.2, -0.15) is 0 Å². The zero-order valence-electron chi connectivity index (χ0n) is 16.1. The number of aromatic nitrogens is 2. The van der Waals surface area contributed by atoms with Gasteiger partial charge in [0.25, 0.3) is 5.91 Å². The van der Waals surface area contributed by atoms with E-state index in [0.29, 0.717) is 29.4 Å². The molecular formula is C21H20N4O3S. The van der Waals surface area contributed by atoms with Crippen molar-refractivity contribution in [1.29, 1.82) is 0 Å². The van der Waals surface area contributed by atoms with Gasteiger partial charge in [-0.3, -0.25) is 14.9 Å². The molecule has 2 aromatic carbocycles. The summed E-state index contributed by atoms with van der Waals surface area (Å²) in [4.78, 5) is 26.7. The van der Waals surface area contributed by atoms with Crippen LogP contribution in [0.5, 0.6) is 5.75 Å². The Balaban J connectivity index is 1.44. The van der Waals surface area contributed by atoms with Crippen LogP contribution in [0.3, 0.4) is 0 Å². The third kappa shape index (κ3) is 3.97. The molecule has 0 bridgehead atoms. The summed E-state index contributed by atoms with van der Waals surface area (Å²) in [5.41, 5.74) is 2.49. The molecule has 0 saturated carbocycles. The van der Waals surface area contributed by atoms with Gasteiger partial charge in [0.2, 0.25) is 11.0 Å². The number of carbonyl (C=O) groups is 2. The average Bonchev–Trinajstić information content (AvgIpc) is 3.35. The largest absolute Gasteiger partial charge is 0.497 e. The van der Waals surface area contributed by atoms with Crippen molar-refractivity contribution in [3.05, 3.63) is 64.7 Å². The maximum absolute atomic E-state index is 12.5. The minimum Gasteiger partial charge on any atom is -0.497 e. The number of nitrogens with zero attached hydrogens (tertiary/aromatic N) is 3. The van der Waals surface area contributed by atoms with E-state index >= 15 is 0 Å². The highest BCUT2D eigenvalue weighted by Gasteiger charge is 2.34. The van der Waals surface area contributed by atoms with E-state index in [1.54, 1.807) is 36.3 Å². The summed E-state index contributed by atoms with van der Waals surface area (Å²) >= 11 is 1.31. The Hall–Kier alpha value is -3.26. The van der Waals surface area contributed by atoms with Crippen LogP contribution in [0.15, 0.2) is 48.5 Å². The van der Waals surface area contributed by atoms with Gasteiger partial charge in [0.1, 0.15) is 10.8 Å². The highest BCUT2D eigenvalue weighted by atomic mass is 32.1. The van der Waals surface area contributed by atoms with Crippen LogP contribution in [0, 0.1) is 6.92 Å². The molecule has 1 saturated heterocycles. The first-order valence-corrected chi connectivity index (χ1v) is 10.0. The summed E-state index contributed by atoms with van der Waals surface area (Å²) in [7, 11) is 1.58. The highest BCUT2D eigenvalue weighted by molar-refractivity contribution is 7.15. The van der Waals surface area contributed by atoms with Crippen molar-refractivity contribution >= 4 is 34.0 Å². The summed E-state index contributed by atoms with van der Waals surface area (Å²) in [6, 6.07) is 14.7. The van der Waals surface area contributed by atoms with Crippen molar-refractivity contribution in [3.63, 3.8) is 0 Å². The molecule has 8 heteroatoms. The third-order valence-electron chi connectivity index (χ3n) is 4.89. The summed E-state index contributed by atoms with van der Waals surface area (Å²) in [5.74, 6) is 0.456. The van der Waals surface area contributed by atoms with Crippen molar-refractivity contribution in [3.8, 4) is 5.75 Å². The monoisotopic (exact) mass is 408 g/mol. The fraction of sp³-hybridized carbons (Fsp3) is 0.238. The predicted octanol–water partition coefficient (Wildman–Crippen LogP) is 3.63. The summed E-state index contributed by atoms with van der Waals surface area (Å²) in [6.45, 7) is 2.55. The molecule has 2 amide bonds. The zero-order valence-corrected chi connectivity index (χ0v) is 16.9. The Morgan fingerprint density at radius 2 is 1.93 bits per heavy atom. The molecule has 1 fully saturated rings. The normalized spacial score (nSPS) is 16.1. The van der Waals surface area contributed by atoms with E-state index in [9.17, 15) is 9.59 Å². The molecule has 0 spiro atoms. The number of anilines is 2. The first-order chi connectivity index (χ1) is 14.0. The van der Waals surface area contributed by atoms with Crippen molar-refractivity contribution < 1.29 is 14.3 Å². The number of aryl methyl sites for hydroxylation is 1. The average molecular weight is 408 g/mol. The van der Waals surface area contributed by atoms with Crippen LogP contribution in [-0.2, 0) is 4.79 Å². The lowest BCUT2D eigenvalue weighted by molar-refractivity contribution is -0.117. The molecule has 1 aromatic heterocycles. The molecule has 0 unspecified atom stereocenters. The Morgan fingerprint density at radius 3 is 2.66 bits per heavy atom. The van der Waals surface area contributed by atoms with E-state index in [1.807, 2.05) is 31.2 Å². The molecule has 148 valence electrons. The maximum Gasteiger partial charge on any atom is 0.257 e. The van der Waals surface area contributed by atoms with Crippen LogP contribution in [0.25, 0.3) is 0 Å². The van der Waals surface area contributed by atoms with E-state index in [2.05, 4.69) is 15.5 Å². The van der Waals surface area contributed by atoms with Crippen molar-refractivity contribution in [1.82, 2.24) is 10.2 Å². The number of hydrogen-bond donors (Lipinski definition) is 1. The molecule has 4 rings (SSSR count). The highest BCUT2D eigenvalue weighted by Crippen LogP contribution is 2.35. The standard InChI is InChI=1S/C21H20N4O3S/c1-13-5-3-4-6-17(13)25-12-15(11-18(25)26)20-23-24-21(29-20)22-19(27)14-7-9-16(28-2)10-8-14/h3-10,15H,11-12H2,1-2H3,(H,22,24,27)/t15-/m0/s1. The number of carbonyl (C=O) groups excluding carboxylic acids is 2. The number of benzene rings is 2. The molecule has 1 atom stereocenters. The van der Waals surface area contributed by atoms with Gasteiger partial charge in [0, 0.05) is 30.1 Å². The molecule has 0 aliphatic carbocycles. The van der Waals surface area contributed by atoms with E-state index < -0.39 is 0 Å². The van der Waals surface area contributed by atoms with Crippen LogP contribution in [0.4, 0.5) is 10.8 Å². The fourth-order valence-corrected chi connectivity index (χ4v) is 4.16. The van der Waals surface area contributed by atoms with Crippen molar-refractivity contribution in [2.24, 2.45) is 0 Å². The Bertz CT molecular complexity index is 1050. The van der Waals surface area contributed by atoms with E-state index in [1.165, 1.54) is 11.3 Å². The molecular weight excluding hydrogens is 388 g/mol. The quantitative estimate of drug-likeness (QED) is 0.697. The summed E-state index contributed by atoms with van der Waals surface area (Å²) in [5, 5.41) is 12.2. The summed E-state index contributed by atoms with van der Waals surface area (Å²) in [6.07, 6.45) is 0.384. The molecule has 0 radical (unpaired) electrons. The second kappa shape index (κ2) is 8.00. The van der Waals surface area contributed by atoms with Gasteiger partial charge in [0.15, 0.2) is 0 Å². The van der Waals surface area contributed by atoms with Gasteiger partial charge in [-0.1, -0.05) is 29.5 Å². The molecule has 1 N–H and O–H groups in total. The molecule has 7 nitrogen and oxygen atoms in total. The van der Waals surface area contributed by atoms with Gasteiger partial charge in [0.05, 0.1) is 7.11 Å². The molecule has 2 heterocycles. The predicted molar refractivity (Wildman–Crippen MR) is 112 cm³/mol. The van der Waals surface area contributed by atoms with Crippen LogP contribution in [-0.4, -0.2) is 35.7 Å². The van der Waals surface area contributed by atoms with Gasteiger partial charge in [-0.25, -0.2) is 0 Å². The number of nitrogens with one attached hydrogen (secondary N) is 1. The Morgan fingerprint density at radius 1 is 1.17 bits per heavy atom. The maximum atomic E-state index is 12.5. The second-order valence-electron chi connectivity index (χ2n) is 6.82. The first-order valence-electron chi connectivity index (χ1n) is 9.20. The van der Waals surface area contributed by atoms with Crippen LogP contribution in [0.2, 0.25) is 0 Å². The van der Waals surface area contributed by atoms with E-state index in [0.717, 1.165) is 16.3 Å². The molecule has 1 aliphatic rings. The number of para-hydroxylation sites is 1. The molecule has 3 aromatic rings. The van der Waals surface area contributed by atoms with Crippen LogP contribution >= 0.6 is 11.3 Å². The van der Waals surface area contributed by atoms with Crippen molar-refractivity contribution in [2.75, 3.05) is 23.9 Å². The van der Waals surface area contributed by atoms with E-state index in [4.69, 9.17) is 4.74 Å². The number of rotatable bonds is 5. The zero-order chi connectivity index (χ0) is 20.4. The smallest absolute Gasteiger partial charge is 0.257 e. The lowest BCUT2D eigenvalue weighted by atomic mass is 10.1.